The summed E-state index contributed by atoms with van der Waals surface area (Å²) < 4.78 is 5.68. The SMILES string of the molecule is Cc1ccc(NC(=O)O[C@@H](CCC/C=C/C(=O)Nc2ccccc2N)c2ccc(O)cc2)cc1. The van der Waals surface area contributed by atoms with Crippen molar-refractivity contribution in [2.45, 2.75) is 32.3 Å². The average molecular weight is 460 g/mol. The molecule has 0 aliphatic heterocycles. The number of hydrogen-bond acceptors (Lipinski definition) is 5. The Hall–Kier alpha value is -4.26. The highest BCUT2D eigenvalue weighted by molar-refractivity contribution is 6.01. The van der Waals surface area contributed by atoms with Gasteiger partial charge in [-0.2, -0.15) is 0 Å². The molecule has 0 aliphatic rings. The molecule has 1 atom stereocenters. The molecular weight excluding hydrogens is 430 g/mol. The van der Waals surface area contributed by atoms with Crippen molar-refractivity contribution in [1.82, 2.24) is 0 Å². The first-order valence-corrected chi connectivity index (χ1v) is 11.1. The van der Waals surface area contributed by atoms with Crippen molar-refractivity contribution in [3.63, 3.8) is 0 Å². The van der Waals surface area contributed by atoms with E-state index in [2.05, 4.69) is 10.6 Å². The van der Waals surface area contributed by atoms with Gasteiger partial charge in [0.15, 0.2) is 0 Å². The van der Waals surface area contributed by atoms with Crippen LogP contribution in [0, 0.1) is 6.92 Å². The predicted molar refractivity (Wildman–Crippen MR) is 135 cm³/mol. The molecule has 176 valence electrons. The van der Waals surface area contributed by atoms with Crippen LogP contribution < -0.4 is 16.4 Å². The van der Waals surface area contributed by atoms with E-state index in [1.54, 1.807) is 54.6 Å². The van der Waals surface area contributed by atoms with Gasteiger partial charge in [0.25, 0.3) is 0 Å². The van der Waals surface area contributed by atoms with E-state index in [0.717, 1.165) is 11.1 Å². The molecule has 0 saturated carbocycles. The number of nitrogen functional groups attached to an aromatic ring is 1. The smallest absolute Gasteiger partial charge is 0.412 e. The van der Waals surface area contributed by atoms with Crippen molar-refractivity contribution in [2.75, 3.05) is 16.4 Å². The van der Waals surface area contributed by atoms with Crippen LogP contribution in [0.4, 0.5) is 21.9 Å². The minimum absolute atomic E-state index is 0.139. The van der Waals surface area contributed by atoms with Gasteiger partial charge in [0.05, 0.1) is 11.4 Å². The quantitative estimate of drug-likeness (QED) is 0.180. The molecular formula is C27H29N3O4. The fraction of sp³-hybridized carbons (Fsp3) is 0.185. The summed E-state index contributed by atoms with van der Waals surface area (Å²) >= 11 is 0. The van der Waals surface area contributed by atoms with E-state index in [1.807, 2.05) is 31.2 Å². The molecule has 0 bridgehead atoms. The summed E-state index contributed by atoms with van der Waals surface area (Å²) in [6.07, 6.45) is 4.02. The molecule has 7 nitrogen and oxygen atoms in total. The lowest BCUT2D eigenvalue weighted by molar-refractivity contribution is -0.111. The molecule has 7 heteroatoms. The first kappa shape index (κ1) is 24.4. The fourth-order valence-corrected chi connectivity index (χ4v) is 3.29. The zero-order chi connectivity index (χ0) is 24.3. The highest BCUT2D eigenvalue weighted by Crippen LogP contribution is 2.26. The maximum Gasteiger partial charge on any atom is 0.412 e. The zero-order valence-corrected chi connectivity index (χ0v) is 19.0. The standard InChI is InChI=1S/C27H29N3O4/c1-19-11-15-21(16-12-19)29-27(33)34-25(20-13-17-22(31)18-14-20)9-3-2-4-10-26(32)30-24-8-6-5-7-23(24)28/h4-8,10-18,25,31H,2-3,9,28H2,1H3,(H,29,33)(H,30,32)/b10-4+/t25-/m0/s1. The summed E-state index contributed by atoms with van der Waals surface area (Å²) in [6, 6.07) is 21.1. The number of nitrogens with two attached hydrogens (primary N) is 1. The van der Waals surface area contributed by atoms with E-state index in [0.29, 0.717) is 36.3 Å². The van der Waals surface area contributed by atoms with Crippen molar-refractivity contribution in [3.05, 3.63) is 96.1 Å². The van der Waals surface area contributed by atoms with Gasteiger partial charge in [-0.1, -0.05) is 48.0 Å². The maximum absolute atomic E-state index is 12.5. The lowest BCUT2D eigenvalue weighted by Gasteiger charge is -2.19. The summed E-state index contributed by atoms with van der Waals surface area (Å²) in [6.45, 7) is 1.97. The van der Waals surface area contributed by atoms with E-state index in [1.165, 1.54) is 6.08 Å². The van der Waals surface area contributed by atoms with Crippen LogP contribution in [-0.2, 0) is 9.53 Å². The minimum Gasteiger partial charge on any atom is -0.508 e. The van der Waals surface area contributed by atoms with Crippen LogP contribution in [-0.4, -0.2) is 17.1 Å². The van der Waals surface area contributed by atoms with Gasteiger partial charge in [-0.15, -0.1) is 0 Å². The number of ether oxygens (including phenoxy) is 1. The number of carbonyl (C=O) groups is 2. The number of para-hydroxylation sites is 2. The van der Waals surface area contributed by atoms with Gasteiger partial charge in [0.2, 0.25) is 5.91 Å². The molecule has 3 aromatic carbocycles. The number of phenolic OH excluding ortho intramolecular Hbond substituents is 1. The van der Waals surface area contributed by atoms with Crippen molar-refractivity contribution in [1.29, 1.82) is 0 Å². The highest BCUT2D eigenvalue weighted by Gasteiger charge is 2.17. The molecule has 0 aliphatic carbocycles. The summed E-state index contributed by atoms with van der Waals surface area (Å²) in [7, 11) is 0. The lowest BCUT2D eigenvalue weighted by Crippen LogP contribution is -2.17. The Kier molecular flexibility index (Phi) is 8.68. The normalized spacial score (nSPS) is 11.7. The third kappa shape index (κ3) is 7.70. The van der Waals surface area contributed by atoms with Gasteiger partial charge in [-0.3, -0.25) is 10.1 Å². The summed E-state index contributed by atoms with van der Waals surface area (Å²) in [4.78, 5) is 24.6. The number of benzene rings is 3. The largest absolute Gasteiger partial charge is 0.508 e. The molecule has 0 radical (unpaired) electrons. The van der Waals surface area contributed by atoms with Crippen molar-refractivity contribution >= 4 is 29.1 Å². The topological polar surface area (TPSA) is 114 Å². The summed E-state index contributed by atoms with van der Waals surface area (Å²) in [5.74, 6) is -0.124. The molecule has 34 heavy (non-hydrogen) atoms. The van der Waals surface area contributed by atoms with Crippen molar-refractivity contribution in [3.8, 4) is 5.75 Å². The van der Waals surface area contributed by atoms with Gasteiger partial charge in [0, 0.05) is 5.69 Å². The number of phenols is 1. The fourth-order valence-electron chi connectivity index (χ4n) is 3.29. The van der Waals surface area contributed by atoms with E-state index < -0.39 is 12.2 Å². The van der Waals surface area contributed by atoms with Crippen molar-refractivity contribution in [2.24, 2.45) is 0 Å². The number of aromatic hydroxyl groups is 1. The molecule has 3 aromatic rings. The number of unbranched alkanes of at least 4 members (excludes halogenated alkanes) is 1. The van der Waals surface area contributed by atoms with Crippen LogP contribution in [0.15, 0.2) is 84.9 Å². The Morgan fingerprint density at radius 1 is 1.00 bits per heavy atom. The van der Waals surface area contributed by atoms with E-state index in [9.17, 15) is 14.7 Å². The number of amides is 2. The Morgan fingerprint density at radius 2 is 1.71 bits per heavy atom. The Balaban J connectivity index is 1.54. The first-order chi connectivity index (χ1) is 16.4. The molecule has 0 saturated heterocycles. The second kappa shape index (κ2) is 12.1. The van der Waals surface area contributed by atoms with E-state index >= 15 is 0 Å². The molecule has 5 N–H and O–H groups in total. The average Bonchev–Trinajstić information content (AvgIpc) is 2.81. The van der Waals surface area contributed by atoms with Gasteiger partial charge < -0.3 is 20.9 Å². The van der Waals surface area contributed by atoms with Gasteiger partial charge in [0.1, 0.15) is 11.9 Å². The lowest BCUT2D eigenvalue weighted by atomic mass is 10.0. The molecule has 0 aromatic heterocycles. The van der Waals surface area contributed by atoms with Crippen LogP contribution in [0.3, 0.4) is 0 Å². The van der Waals surface area contributed by atoms with Crippen LogP contribution in [0.25, 0.3) is 0 Å². The summed E-state index contributed by atoms with van der Waals surface area (Å²) in [5.41, 5.74) is 9.42. The molecule has 3 rings (SSSR count). The van der Waals surface area contributed by atoms with Crippen LogP contribution in [0.2, 0.25) is 0 Å². The third-order valence-electron chi connectivity index (χ3n) is 5.14. The predicted octanol–water partition coefficient (Wildman–Crippen LogP) is 5.94. The van der Waals surface area contributed by atoms with Crippen LogP contribution in [0.5, 0.6) is 5.75 Å². The van der Waals surface area contributed by atoms with Crippen molar-refractivity contribution < 1.29 is 19.4 Å². The Labute approximate surface area is 199 Å². The number of allylic oxidation sites excluding steroid dienone is 1. The number of carbonyl (C=O) groups excluding carboxylic acids is 2. The number of rotatable bonds is 9. The second-order valence-electron chi connectivity index (χ2n) is 7.89. The molecule has 0 unspecified atom stereocenters. The van der Waals surface area contributed by atoms with Crippen LogP contribution >= 0.6 is 0 Å². The van der Waals surface area contributed by atoms with E-state index in [-0.39, 0.29) is 11.7 Å². The molecule has 0 spiro atoms. The Bertz CT molecular complexity index is 1130. The molecule has 2 amide bonds. The number of hydrogen-bond donors (Lipinski definition) is 4. The van der Waals surface area contributed by atoms with Gasteiger partial charge in [-0.25, -0.2) is 4.79 Å². The zero-order valence-electron chi connectivity index (χ0n) is 19.0. The third-order valence-corrected chi connectivity index (χ3v) is 5.14. The first-order valence-electron chi connectivity index (χ1n) is 11.1. The van der Waals surface area contributed by atoms with E-state index in [4.69, 9.17) is 10.5 Å². The highest BCUT2D eigenvalue weighted by atomic mass is 16.6. The number of nitrogens with one attached hydrogen (secondary N) is 2. The minimum atomic E-state index is -0.558. The number of aryl methyl sites for hydroxylation is 1. The van der Waals surface area contributed by atoms with Gasteiger partial charge >= 0.3 is 6.09 Å². The Morgan fingerprint density at radius 3 is 2.41 bits per heavy atom. The monoisotopic (exact) mass is 459 g/mol. The molecule has 0 heterocycles. The van der Waals surface area contributed by atoms with Crippen LogP contribution in [0.1, 0.15) is 36.5 Å². The number of anilines is 3. The molecule has 0 fully saturated rings. The van der Waals surface area contributed by atoms with Gasteiger partial charge in [-0.05, 0) is 74.2 Å². The maximum atomic E-state index is 12.5. The second-order valence-corrected chi connectivity index (χ2v) is 7.89. The summed E-state index contributed by atoms with van der Waals surface area (Å²) in [5, 5.41) is 15.1.